The van der Waals surface area contributed by atoms with Crippen LogP contribution in [0.25, 0.3) is 23.1 Å². The van der Waals surface area contributed by atoms with E-state index < -0.39 is 5.91 Å². The van der Waals surface area contributed by atoms with Gasteiger partial charge in [0.2, 0.25) is 5.91 Å². The van der Waals surface area contributed by atoms with Crippen LogP contribution in [0.3, 0.4) is 0 Å². The molecule has 1 amide bonds. The number of amides is 1. The minimum Gasteiger partial charge on any atom is -0.366 e. The smallest absolute Gasteiger partial charge is 0.249 e. The van der Waals surface area contributed by atoms with Crippen LogP contribution in [-0.2, 0) is 0 Å². The Labute approximate surface area is 122 Å². The molecular weight excluding hydrogens is 260 g/mol. The van der Waals surface area contributed by atoms with E-state index in [9.17, 15) is 4.79 Å². The Morgan fingerprint density at radius 1 is 0.952 bits per heavy atom. The molecule has 21 heavy (non-hydrogen) atoms. The molecule has 0 aliphatic rings. The van der Waals surface area contributed by atoms with E-state index in [2.05, 4.69) is 4.98 Å². The Morgan fingerprint density at radius 3 is 2.43 bits per heavy atom. The van der Waals surface area contributed by atoms with Crippen molar-refractivity contribution in [1.82, 2.24) is 4.98 Å². The lowest BCUT2D eigenvalue weighted by Crippen LogP contribution is -2.12. The molecule has 0 saturated carbocycles. The Hall–Kier alpha value is -2.94. The highest BCUT2D eigenvalue weighted by molar-refractivity contribution is 6.05. The van der Waals surface area contributed by atoms with Gasteiger partial charge in [-0.3, -0.25) is 4.79 Å². The molecule has 0 bridgehead atoms. The summed E-state index contributed by atoms with van der Waals surface area (Å²) in [5, 5.41) is 0.780. The number of carbonyl (C=O) groups is 1. The monoisotopic (exact) mass is 274 g/mol. The van der Waals surface area contributed by atoms with E-state index >= 15 is 0 Å². The van der Waals surface area contributed by atoms with E-state index in [0.717, 1.165) is 16.5 Å². The predicted molar refractivity (Wildman–Crippen MR) is 85.6 cm³/mol. The molecule has 0 unspecified atom stereocenters. The van der Waals surface area contributed by atoms with Gasteiger partial charge in [-0.15, -0.1) is 0 Å². The number of hydrogen-bond donors (Lipinski definition) is 1. The fourth-order valence-corrected chi connectivity index (χ4v) is 2.23. The van der Waals surface area contributed by atoms with Gasteiger partial charge in [-0.05, 0) is 23.8 Å². The first-order valence-electron chi connectivity index (χ1n) is 6.67. The van der Waals surface area contributed by atoms with Gasteiger partial charge in [-0.2, -0.15) is 0 Å². The lowest BCUT2D eigenvalue weighted by molar-refractivity contribution is 0.100. The van der Waals surface area contributed by atoms with Crippen LogP contribution in [0.15, 0.2) is 60.7 Å². The lowest BCUT2D eigenvalue weighted by atomic mass is 10.1. The van der Waals surface area contributed by atoms with Gasteiger partial charge in [0.25, 0.3) is 0 Å². The Bertz CT molecular complexity index is 823. The van der Waals surface area contributed by atoms with E-state index in [1.807, 2.05) is 66.7 Å². The van der Waals surface area contributed by atoms with E-state index in [1.165, 1.54) is 0 Å². The molecule has 3 aromatic rings. The molecular formula is C18H14N2O. The zero-order chi connectivity index (χ0) is 14.7. The molecule has 1 aromatic heterocycles. The molecule has 0 atom stereocenters. The fourth-order valence-electron chi connectivity index (χ4n) is 2.23. The van der Waals surface area contributed by atoms with Crippen molar-refractivity contribution in [3.8, 4) is 0 Å². The van der Waals surface area contributed by atoms with Crippen molar-refractivity contribution in [2.75, 3.05) is 0 Å². The van der Waals surface area contributed by atoms with Crippen LogP contribution in [0.5, 0.6) is 0 Å². The fraction of sp³-hybridized carbons (Fsp3) is 0. The highest BCUT2D eigenvalue weighted by atomic mass is 16.1. The quantitative estimate of drug-likeness (QED) is 0.794. The van der Waals surface area contributed by atoms with Gasteiger partial charge in [0.05, 0.1) is 16.8 Å². The number of rotatable bonds is 3. The van der Waals surface area contributed by atoms with Gasteiger partial charge in [0, 0.05) is 5.39 Å². The highest BCUT2D eigenvalue weighted by Gasteiger charge is 2.08. The third-order valence-corrected chi connectivity index (χ3v) is 3.25. The summed E-state index contributed by atoms with van der Waals surface area (Å²) < 4.78 is 0. The zero-order valence-corrected chi connectivity index (χ0v) is 11.4. The molecule has 0 radical (unpaired) electrons. The van der Waals surface area contributed by atoms with Crippen molar-refractivity contribution in [3.05, 3.63) is 77.5 Å². The summed E-state index contributed by atoms with van der Waals surface area (Å²) in [7, 11) is 0. The molecule has 0 saturated heterocycles. The first-order chi connectivity index (χ1) is 10.2. The first kappa shape index (κ1) is 13.1. The molecule has 3 rings (SSSR count). The predicted octanol–water partition coefficient (Wildman–Crippen LogP) is 3.50. The molecule has 0 aliphatic carbocycles. The van der Waals surface area contributed by atoms with E-state index in [4.69, 9.17) is 5.73 Å². The molecule has 2 aromatic carbocycles. The summed E-state index contributed by atoms with van der Waals surface area (Å²) >= 11 is 0. The zero-order valence-electron chi connectivity index (χ0n) is 11.4. The number of primary amides is 1. The van der Waals surface area contributed by atoms with Crippen LogP contribution in [0.2, 0.25) is 0 Å². The first-order valence-corrected chi connectivity index (χ1v) is 6.67. The molecule has 3 heteroatoms. The van der Waals surface area contributed by atoms with Gasteiger partial charge in [-0.25, -0.2) is 4.98 Å². The van der Waals surface area contributed by atoms with Crippen molar-refractivity contribution in [3.63, 3.8) is 0 Å². The van der Waals surface area contributed by atoms with Crippen molar-refractivity contribution >= 4 is 29.0 Å². The Morgan fingerprint density at radius 2 is 1.67 bits per heavy atom. The largest absolute Gasteiger partial charge is 0.366 e. The molecule has 3 nitrogen and oxygen atoms in total. The van der Waals surface area contributed by atoms with Crippen LogP contribution in [0.1, 0.15) is 21.6 Å². The van der Waals surface area contributed by atoms with Gasteiger partial charge >= 0.3 is 0 Å². The number of para-hydroxylation sites is 1. The van der Waals surface area contributed by atoms with E-state index in [1.54, 1.807) is 6.07 Å². The van der Waals surface area contributed by atoms with Crippen LogP contribution in [0.4, 0.5) is 0 Å². The number of carbonyl (C=O) groups excluding carboxylic acids is 1. The van der Waals surface area contributed by atoms with E-state index in [-0.39, 0.29) is 0 Å². The number of nitrogens with two attached hydrogens (primary N) is 1. The number of hydrogen-bond acceptors (Lipinski definition) is 2. The summed E-state index contributed by atoms with van der Waals surface area (Å²) in [4.78, 5) is 16.2. The summed E-state index contributed by atoms with van der Waals surface area (Å²) in [5.41, 5.74) is 8.52. The lowest BCUT2D eigenvalue weighted by Gasteiger charge is -2.04. The standard InChI is InChI=1S/C18H14N2O/c19-18(21)16-12-14(11-10-13-6-2-1-3-7-13)20-17-9-5-4-8-15(16)17/h1-12H,(H2,19,21). The van der Waals surface area contributed by atoms with Gasteiger partial charge in [-0.1, -0.05) is 54.6 Å². The summed E-state index contributed by atoms with van der Waals surface area (Å²) in [6.45, 7) is 0. The molecule has 0 spiro atoms. The van der Waals surface area contributed by atoms with Crippen LogP contribution in [-0.4, -0.2) is 10.9 Å². The second-order valence-electron chi connectivity index (χ2n) is 4.72. The molecule has 0 aliphatic heterocycles. The molecule has 1 heterocycles. The second kappa shape index (κ2) is 5.59. The van der Waals surface area contributed by atoms with Crippen molar-refractivity contribution in [2.45, 2.75) is 0 Å². The van der Waals surface area contributed by atoms with Crippen molar-refractivity contribution in [1.29, 1.82) is 0 Å². The minimum absolute atomic E-state index is 0.442. The third kappa shape index (κ3) is 2.82. The van der Waals surface area contributed by atoms with E-state index in [0.29, 0.717) is 11.3 Å². The maximum atomic E-state index is 11.6. The van der Waals surface area contributed by atoms with Gasteiger partial charge < -0.3 is 5.73 Å². The summed E-state index contributed by atoms with van der Waals surface area (Å²) in [5.74, 6) is -0.442. The topological polar surface area (TPSA) is 56.0 Å². The van der Waals surface area contributed by atoms with Gasteiger partial charge in [0.1, 0.15) is 0 Å². The molecule has 2 N–H and O–H groups in total. The number of pyridine rings is 1. The molecule has 0 fully saturated rings. The third-order valence-electron chi connectivity index (χ3n) is 3.25. The van der Waals surface area contributed by atoms with Crippen molar-refractivity contribution < 1.29 is 4.79 Å². The average molecular weight is 274 g/mol. The highest BCUT2D eigenvalue weighted by Crippen LogP contribution is 2.19. The van der Waals surface area contributed by atoms with Crippen LogP contribution < -0.4 is 5.73 Å². The Kier molecular flexibility index (Phi) is 3.48. The maximum Gasteiger partial charge on any atom is 0.249 e. The number of fused-ring (bicyclic) bond motifs is 1. The number of aromatic nitrogens is 1. The normalized spacial score (nSPS) is 11.0. The molecule has 102 valence electrons. The summed E-state index contributed by atoms with van der Waals surface area (Å²) in [6, 6.07) is 19.2. The SMILES string of the molecule is NC(=O)c1cc(C=Cc2ccccc2)nc2ccccc12. The minimum atomic E-state index is -0.442. The summed E-state index contributed by atoms with van der Waals surface area (Å²) in [6.07, 6.45) is 3.84. The van der Waals surface area contributed by atoms with Gasteiger partial charge in [0.15, 0.2) is 0 Å². The number of benzene rings is 2. The number of nitrogens with zero attached hydrogens (tertiary/aromatic N) is 1. The Balaban J connectivity index is 2.07. The second-order valence-corrected chi connectivity index (χ2v) is 4.72. The maximum absolute atomic E-state index is 11.6. The van der Waals surface area contributed by atoms with Crippen LogP contribution >= 0.6 is 0 Å². The average Bonchev–Trinajstić information content (AvgIpc) is 2.53. The van der Waals surface area contributed by atoms with Crippen molar-refractivity contribution in [2.24, 2.45) is 5.73 Å². The van der Waals surface area contributed by atoms with Crippen LogP contribution in [0, 0.1) is 0 Å².